The molecule has 4 aromatic rings. The van der Waals surface area contributed by atoms with E-state index >= 15 is 0 Å². The standard InChI is InChI=1S/C26H30N6O2/c1-3-31-24(15-28-26(31)30-14-8-9-18(27)16-30)25(33)32(34-2)17-23-21-12-5-4-10-19(21)20-11-6-7-13-22(20)29-23/h4-7,10-13,15,18H,3,8-9,14,16-17,27H2,1-2H3. The van der Waals surface area contributed by atoms with Crippen molar-refractivity contribution in [3.05, 3.63) is 66.1 Å². The summed E-state index contributed by atoms with van der Waals surface area (Å²) < 4.78 is 1.94. The molecular weight excluding hydrogens is 428 g/mol. The van der Waals surface area contributed by atoms with Gasteiger partial charge in [0.05, 0.1) is 31.1 Å². The van der Waals surface area contributed by atoms with Gasteiger partial charge in [0.15, 0.2) is 0 Å². The van der Waals surface area contributed by atoms with E-state index in [0.717, 1.165) is 59.2 Å². The molecule has 1 unspecified atom stereocenters. The molecule has 1 fully saturated rings. The molecule has 2 N–H and O–H groups in total. The van der Waals surface area contributed by atoms with Crippen LogP contribution in [0, 0.1) is 0 Å². The van der Waals surface area contributed by atoms with Crippen LogP contribution in [-0.2, 0) is 17.9 Å². The number of nitrogens with two attached hydrogens (primary N) is 1. The van der Waals surface area contributed by atoms with E-state index in [1.807, 2.05) is 47.9 Å². The zero-order chi connectivity index (χ0) is 23.7. The first kappa shape index (κ1) is 22.3. The maximum atomic E-state index is 13.6. The van der Waals surface area contributed by atoms with Gasteiger partial charge in [-0.25, -0.2) is 10.0 Å². The molecule has 1 aliphatic heterocycles. The first-order valence-electron chi connectivity index (χ1n) is 11.8. The number of nitrogens with zero attached hydrogens (tertiary/aromatic N) is 5. The summed E-state index contributed by atoms with van der Waals surface area (Å²) in [7, 11) is 1.51. The number of carbonyl (C=O) groups is 1. The first-order chi connectivity index (χ1) is 16.6. The maximum absolute atomic E-state index is 13.6. The lowest BCUT2D eigenvalue weighted by Crippen LogP contribution is -2.44. The van der Waals surface area contributed by atoms with Crippen LogP contribution in [0.1, 0.15) is 35.9 Å². The second-order valence-corrected chi connectivity index (χ2v) is 8.68. The summed E-state index contributed by atoms with van der Waals surface area (Å²) in [6.07, 6.45) is 3.67. The number of benzene rings is 2. The van der Waals surface area contributed by atoms with Gasteiger partial charge in [-0.15, -0.1) is 0 Å². The number of rotatable bonds is 6. The minimum atomic E-state index is -0.247. The van der Waals surface area contributed by atoms with Gasteiger partial charge in [-0.1, -0.05) is 42.5 Å². The van der Waals surface area contributed by atoms with Crippen LogP contribution in [0.2, 0.25) is 0 Å². The predicted molar refractivity (Wildman–Crippen MR) is 133 cm³/mol. The van der Waals surface area contributed by atoms with Gasteiger partial charge in [-0.3, -0.25) is 14.6 Å². The highest BCUT2D eigenvalue weighted by molar-refractivity contribution is 6.06. The van der Waals surface area contributed by atoms with E-state index in [1.165, 1.54) is 12.2 Å². The molecule has 0 radical (unpaired) electrons. The molecule has 8 nitrogen and oxygen atoms in total. The third-order valence-electron chi connectivity index (χ3n) is 6.54. The van der Waals surface area contributed by atoms with Gasteiger partial charge in [0, 0.05) is 36.4 Å². The summed E-state index contributed by atoms with van der Waals surface area (Å²) in [6, 6.07) is 16.3. The number of carbonyl (C=O) groups excluding carboxylic acids is 1. The molecule has 1 amide bonds. The van der Waals surface area contributed by atoms with Crippen molar-refractivity contribution in [2.75, 3.05) is 25.1 Å². The van der Waals surface area contributed by atoms with E-state index in [4.69, 9.17) is 15.6 Å². The number of amides is 1. The van der Waals surface area contributed by atoms with Crippen molar-refractivity contribution >= 4 is 33.5 Å². The summed E-state index contributed by atoms with van der Waals surface area (Å²) in [5.41, 5.74) is 8.35. The van der Waals surface area contributed by atoms with Crippen molar-refractivity contribution in [2.24, 2.45) is 5.73 Å². The van der Waals surface area contributed by atoms with E-state index in [1.54, 1.807) is 6.20 Å². The van der Waals surface area contributed by atoms with Crippen LogP contribution in [-0.4, -0.2) is 51.7 Å². The van der Waals surface area contributed by atoms with Gasteiger partial charge in [0.2, 0.25) is 5.95 Å². The highest BCUT2D eigenvalue weighted by atomic mass is 16.7. The number of hydrogen-bond donors (Lipinski definition) is 1. The molecule has 176 valence electrons. The second-order valence-electron chi connectivity index (χ2n) is 8.68. The highest BCUT2D eigenvalue weighted by Crippen LogP contribution is 2.28. The topological polar surface area (TPSA) is 89.5 Å². The Morgan fingerprint density at radius 2 is 1.88 bits per heavy atom. The molecule has 1 saturated heterocycles. The van der Waals surface area contributed by atoms with E-state index in [-0.39, 0.29) is 18.5 Å². The Kier molecular flexibility index (Phi) is 6.17. The quantitative estimate of drug-likeness (QED) is 0.350. The Bertz CT molecular complexity index is 1330. The number of fused-ring (bicyclic) bond motifs is 3. The Morgan fingerprint density at radius 1 is 1.15 bits per heavy atom. The molecule has 1 atom stereocenters. The smallest absolute Gasteiger partial charge is 0.296 e. The van der Waals surface area contributed by atoms with Crippen LogP contribution >= 0.6 is 0 Å². The van der Waals surface area contributed by atoms with Crippen LogP contribution in [0.25, 0.3) is 21.7 Å². The Balaban J connectivity index is 1.48. The lowest BCUT2D eigenvalue weighted by molar-refractivity contribution is -0.102. The fraction of sp³-hybridized carbons (Fsp3) is 0.346. The Labute approximate surface area is 198 Å². The van der Waals surface area contributed by atoms with Crippen LogP contribution in [0.3, 0.4) is 0 Å². The average molecular weight is 459 g/mol. The number of aromatic nitrogens is 3. The van der Waals surface area contributed by atoms with Gasteiger partial charge in [-0.05, 0) is 31.2 Å². The maximum Gasteiger partial charge on any atom is 0.296 e. The van der Waals surface area contributed by atoms with Crippen molar-refractivity contribution < 1.29 is 9.63 Å². The monoisotopic (exact) mass is 458 g/mol. The van der Waals surface area contributed by atoms with E-state index in [0.29, 0.717) is 12.2 Å². The number of imidazole rings is 1. The van der Waals surface area contributed by atoms with Crippen LogP contribution in [0.4, 0.5) is 5.95 Å². The van der Waals surface area contributed by atoms with Gasteiger partial charge >= 0.3 is 0 Å². The number of piperidine rings is 1. The van der Waals surface area contributed by atoms with Crippen LogP contribution in [0.15, 0.2) is 54.7 Å². The molecule has 3 heterocycles. The van der Waals surface area contributed by atoms with Crippen molar-refractivity contribution in [3.8, 4) is 0 Å². The predicted octanol–water partition coefficient (Wildman–Crippen LogP) is 3.74. The molecule has 5 rings (SSSR count). The van der Waals surface area contributed by atoms with Gasteiger partial charge < -0.3 is 15.2 Å². The molecule has 2 aromatic heterocycles. The lowest BCUT2D eigenvalue weighted by Gasteiger charge is -2.32. The van der Waals surface area contributed by atoms with E-state index in [9.17, 15) is 4.79 Å². The third kappa shape index (κ3) is 3.99. The summed E-state index contributed by atoms with van der Waals surface area (Å²) in [5.74, 6) is 0.537. The molecule has 2 aromatic carbocycles. The van der Waals surface area contributed by atoms with E-state index in [2.05, 4.69) is 22.0 Å². The first-order valence-corrected chi connectivity index (χ1v) is 11.8. The third-order valence-corrected chi connectivity index (χ3v) is 6.54. The number of hydrogen-bond acceptors (Lipinski definition) is 6. The number of hydroxylamine groups is 2. The van der Waals surface area contributed by atoms with Crippen molar-refractivity contribution in [1.82, 2.24) is 19.6 Å². The minimum Gasteiger partial charge on any atom is -0.341 e. The minimum absolute atomic E-state index is 0.123. The van der Waals surface area contributed by atoms with Crippen molar-refractivity contribution in [2.45, 2.75) is 38.9 Å². The summed E-state index contributed by atoms with van der Waals surface area (Å²) in [4.78, 5) is 30.8. The van der Waals surface area contributed by atoms with Gasteiger partial charge in [-0.2, -0.15) is 0 Å². The lowest BCUT2D eigenvalue weighted by atomic mass is 10.0. The zero-order valence-electron chi connectivity index (χ0n) is 19.6. The highest BCUT2D eigenvalue weighted by Gasteiger charge is 2.27. The Morgan fingerprint density at radius 3 is 2.62 bits per heavy atom. The fourth-order valence-corrected chi connectivity index (χ4v) is 4.87. The molecule has 1 aliphatic rings. The average Bonchev–Trinajstić information content (AvgIpc) is 3.31. The number of para-hydroxylation sites is 1. The van der Waals surface area contributed by atoms with Crippen molar-refractivity contribution in [1.29, 1.82) is 0 Å². The Hall–Kier alpha value is -3.49. The normalized spacial score (nSPS) is 16.3. The molecule has 0 bridgehead atoms. The fourth-order valence-electron chi connectivity index (χ4n) is 4.87. The second kappa shape index (κ2) is 9.40. The van der Waals surface area contributed by atoms with Gasteiger partial charge in [0.1, 0.15) is 5.69 Å². The molecule has 0 saturated carbocycles. The van der Waals surface area contributed by atoms with Crippen molar-refractivity contribution in [3.63, 3.8) is 0 Å². The summed E-state index contributed by atoms with van der Waals surface area (Å²) >= 11 is 0. The van der Waals surface area contributed by atoms with E-state index < -0.39 is 0 Å². The summed E-state index contributed by atoms with van der Waals surface area (Å²) in [5, 5.41) is 4.56. The molecule has 8 heteroatoms. The summed E-state index contributed by atoms with van der Waals surface area (Å²) in [6.45, 7) is 4.49. The van der Waals surface area contributed by atoms with Crippen LogP contribution < -0.4 is 10.6 Å². The van der Waals surface area contributed by atoms with Crippen LogP contribution in [0.5, 0.6) is 0 Å². The number of anilines is 1. The van der Waals surface area contributed by atoms with Gasteiger partial charge in [0.25, 0.3) is 5.91 Å². The largest absolute Gasteiger partial charge is 0.341 e. The molecule has 0 spiro atoms. The molecular formula is C26H30N6O2. The number of pyridine rings is 1. The SMILES string of the molecule is CCn1c(C(=O)N(Cc2nc3ccccc3c3ccccc23)OC)cnc1N1CCCC(N)C1. The molecule has 0 aliphatic carbocycles. The molecule has 34 heavy (non-hydrogen) atoms. The zero-order valence-corrected chi connectivity index (χ0v) is 19.6.